The molecule has 36 heavy (non-hydrogen) atoms. The molecule has 1 aliphatic carbocycles. The molecule has 0 spiro atoms. The second-order valence-electron chi connectivity index (χ2n) is 8.74. The predicted octanol–water partition coefficient (Wildman–Crippen LogP) is 3.69. The van der Waals surface area contributed by atoms with Crippen LogP contribution in [0, 0.1) is 23.4 Å². The van der Waals surface area contributed by atoms with Gasteiger partial charge >= 0.3 is 5.97 Å². The molecule has 1 aliphatic heterocycles. The number of ether oxygens (including phenoxy) is 1. The first-order valence-electron chi connectivity index (χ1n) is 11.6. The minimum atomic E-state index is -1.35. The number of fused-ring (bicyclic) bond motifs is 1. The van der Waals surface area contributed by atoms with E-state index in [4.69, 9.17) is 9.84 Å². The molecular weight excluding hydrogens is 497 g/mol. The van der Waals surface area contributed by atoms with Gasteiger partial charge in [-0.05, 0) is 56.4 Å². The highest BCUT2D eigenvalue weighted by Gasteiger charge is 2.30. The van der Waals surface area contributed by atoms with Crippen molar-refractivity contribution >= 4 is 29.5 Å². The normalized spacial score (nSPS) is 20.9. The van der Waals surface area contributed by atoms with Crippen molar-refractivity contribution in [3.8, 4) is 5.75 Å². The van der Waals surface area contributed by atoms with Crippen molar-refractivity contribution in [2.45, 2.75) is 48.4 Å². The maximum atomic E-state index is 14.5. The van der Waals surface area contributed by atoms with E-state index in [1.165, 1.54) is 23.9 Å². The van der Waals surface area contributed by atoms with E-state index in [9.17, 15) is 27.6 Å². The van der Waals surface area contributed by atoms with E-state index in [1.807, 2.05) is 0 Å². The number of amides is 2. The van der Waals surface area contributed by atoms with Crippen molar-refractivity contribution in [2.24, 2.45) is 5.92 Å². The lowest BCUT2D eigenvalue weighted by Crippen LogP contribution is -2.38. The number of hydrogen-bond acceptors (Lipinski definition) is 5. The third kappa shape index (κ3) is 5.77. The summed E-state index contributed by atoms with van der Waals surface area (Å²) < 4.78 is 48.4. The van der Waals surface area contributed by atoms with E-state index in [2.05, 4.69) is 10.6 Å². The number of halogens is 3. The van der Waals surface area contributed by atoms with Gasteiger partial charge in [-0.3, -0.25) is 14.4 Å². The van der Waals surface area contributed by atoms with Crippen LogP contribution in [0.5, 0.6) is 5.75 Å². The molecule has 2 aromatic carbocycles. The Bertz CT molecular complexity index is 1170. The molecule has 1 fully saturated rings. The molecule has 2 amide bonds. The minimum absolute atomic E-state index is 0.0185. The summed E-state index contributed by atoms with van der Waals surface area (Å²) in [6.07, 6.45) is 1.44. The molecule has 0 bridgehead atoms. The molecule has 0 aromatic heterocycles. The summed E-state index contributed by atoms with van der Waals surface area (Å²) in [6, 6.07) is 6.98. The van der Waals surface area contributed by atoms with Crippen molar-refractivity contribution in [2.75, 3.05) is 13.1 Å². The average Bonchev–Trinajstić information content (AvgIpc) is 3.31. The molecule has 3 N–H and O–H groups in total. The Morgan fingerprint density at radius 1 is 0.972 bits per heavy atom. The lowest BCUT2D eigenvalue weighted by atomic mass is 9.87. The Kier molecular flexibility index (Phi) is 8.07. The van der Waals surface area contributed by atoms with E-state index in [0.717, 1.165) is 11.0 Å². The highest BCUT2D eigenvalue weighted by Crippen LogP contribution is 2.38. The van der Waals surface area contributed by atoms with Crippen LogP contribution < -0.4 is 15.4 Å². The van der Waals surface area contributed by atoms with Gasteiger partial charge in [0.25, 0.3) is 5.91 Å². The van der Waals surface area contributed by atoms with Gasteiger partial charge in [0.15, 0.2) is 11.6 Å². The fourth-order valence-corrected chi connectivity index (χ4v) is 5.58. The molecule has 7 nitrogen and oxygen atoms in total. The molecule has 1 saturated carbocycles. The smallest absolute Gasteiger partial charge is 0.306 e. The maximum absolute atomic E-state index is 14.5. The van der Waals surface area contributed by atoms with Gasteiger partial charge in [0.05, 0.1) is 22.8 Å². The number of carboxylic acid groups (broad SMARTS) is 1. The van der Waals surface area contributed by atoms with Gasteiger partial charge in [0.1, 0.15) is 5.82 Å². The van der Waals surface area contributed by atoms with Crippen molar-refractivity contribution in [3.63, 3.8) is 0 Å². The van der Waals surface area contributed by atoms with E-state index in [0.29, 0.717) is 31.2 Å². The average molecular weight is 523 g/mol. The lowest BCUT2D eigenvalue weighted by Gasteiger charge is -2.27. The fraction of sp³-hybridized carbons (Fsp3) is 0.400. The van der Waals surface area contributed by atoms with Gasteiger partial charge in [0.2, 0.25) is 11.7 Å². The topological polar surface area (TPSA) is 105 Å². The Hall–Kier alpha value is -3.21. The second kappa shape index (κ2) is 11.2. The number of carbonyl (C=O) groups is 3. The van der Waals surface area contributed by atoms with E-state index in [-0.39, 0.29) is 37.0 Å². The van der Waals surface area contributed by atoms with Crippen molar-refractivity contribution in [1.82, 2.24) is 10.6 Å². The highest BCUT2D eigenvalue weighted by atomic mass is 32.2. The number of aliphatic carboxylic acids is 1. The lowest BCUT2D eigenvalue weighted by molar-refractivity contribution is -0.143. The summed E-state index contributed by atoms with van der Waals surface area (Å²) in [6.45, 7) is 0.0418. The third-order valence-corrected chi connectivity index (χ3v) is 7.65. The summed E-state index contributed by atoms with van der Waals surface area (Å²) >= 11 is 1.27. The first-order chi connectivity index (χ1) is 17.2. The number of nitrogens with one attached hydrogen (secondary N) is 2. The second-order valence-corrected chi connectivity index (χ2v) is 9.99. The van der Waals surface area contributed by atoms with Gasteiger partial charge in [-0.25, -0.2) is 8.78 Å². The Morgan fingerprint density at radius 3 is 2.39 bits per heavy atom. The van der Waals surface area contributed by atoms with Gasteiger partial charge < -0.3 is 20.5 Å². The number of carboxylic acids is 1. The zero-order valence-corrected chi connectivity index (χ0v) is 20.0. The zero-order valence-electron chi connectivity index (χ0n) is 19.2. The molecular formula is C25H25F3N2O5S. The zero-order chi connectivity index (χ0) is 25.8. The number of rotatable bonds is 8. The maximum Gasteiger partial charge on any atom is 0.306 e. The summed E-state index contributed by atoms with van der Waals surface area (Å²) in [5, 5.41) is 13.7. The molecule has 1 unspecified atom stereocenters. The van der Waals surface area contributed by atoms with Crippen LogP contribution in [0.4, 0.5) is 13.2 Å². The fourth-order valence-electron chi connectivity index (χ4n) is 4.35. The van der Waals surface area contributed by atoms with Gasteiger partial charge in [-0.1, -0.05) is 6.07 Å². The molecule has 1 atom stereocenters. The van der Waals surface area contributed by atoms with Gasteiger partial charge in [-0.2, -0.15) is 4.39 Å². The van der Waals surface area contributed by atoms with Crippen molar-refractivity contribution in [3.05, 3.63) is 58.9 Å². The van der Waals surface area contributed by atoms with Crippen LogP contribution in [0.2, 0.25) is 0 Å². The van der Waals surface area contributed by atoms with Crippen LogP contribution in [-0.2, 0) is 16.0 Å². The number of carbonyl (C=O) groups excluding carboxylic acids is 2. The van der Waals surface area contributed by atoms with Crippen LogP contribution in [-0.4, -0.2) is 47.3 Å². The Balaban J connectivity index is 1.24. The number of hydrogen-bond donors (Lipinski definition) is 3. The monoisotopic (exact) mass is 522 g/mol. The highest BCUT2D eigenvalue weighted by molar-refractivity contribution is 8.01. The predicted molar refractivity (Wildman–Crippen MR) is 125 cm³/mol. The number of benzene rings is 2. The molecule has 1 heterocycles. The molecule has 4 rings (SSSR count). The molecule has 2 aliphatic rings. The van der Waals surface area contributed by atoms with E-state index in [1.54, 1.807) is 12.1 Å². The number of thioether (sulfide) groups is 1. The standard InChI is InChI=1S/C25H25F3N2O5S/c26-17-2-1-3-19-16(17)12-20(36-19)24(32)30-11-10-29-23(31)15-8-9-18(22(28)21(15)27)35-14-6-4-13(5-7-14)25(33)34/h1-3,8-9,13-14,20H,4-7,10-12H2,(H,29,31)(H,30,32)(H,33,34). The Labute approximate surface area is 209 Å². The summed E-state index contributed by atoms with van der Waals surface area (Å²) in [4.78, 5) is 36.5. The third-order valence-electron chi connectivity index (χ3n) is 6.35. The van der Waals surface area contributed by atoms with Crippen molar-refractivity contribution < 1.29 is 37.4 Å². The largest absolute Gasteiger partial charge is 0.487 e. The van der Waals surface area contributed by atoms with Gasteiger partial charge in [0, 0.05) is 23.5 Å². The molecule has 0 radical (unpaired) electrons. The van der Waals surface area contributed by atoms with E-state index < -0.39 is 46.3 Å². The van der Waals surface area contributed by atoms with Crippen LogP contribution in [0.15, 0.2) is 35.2 Å². The van der Waals surface area contributed by atoms with E-state index >= 15 is 0 Å². The van der Waals surface area contributed by atoms with Crippen molar-refractivity contribution in [1.29, 1.82) is 0 Å². The first kappa shape index (κ1) is 25.9. The summed E-state index contributed by atoms with van der Waals surface area (Å²) in [7, 11) is 0. The quantitative estimate of drug-likeness (QED) is 0.457. The minimum Gasteiger partial charge on any atom is -0.487 e. The summed E-state index contributed by atoms with van der Waals surface area (Å²) in [5.41, 5.74) is 0.00635. The van der Waals surface area contributed by atoms with Gasteiger partial charge in [-0.15, -0.1) is 11.8 Å². The first-order valence-corrected chi connectivity index (χ1v) is 12.5. The van der Waals surface area contributed by atoms with Crippen LogP contribution in [0.3, 0.4) is 0 Å². The molecule has 11 heteroatoms. The Morgan fingerprint density at radius 2 is 1.69 bits per heavy atom. The van der Waals surface area contributed by atoms with Crippen LogP contribution >= 0.6 is 11.8 Å². The van der Waals surface area contributed by atoms with Crippen LogP contribution in [0.25, 0.3) is 0 Å². The summed E-state index contributed by atoms with van der Waals surface area (Å²) in [5.74, 6) is -5.81. The molecule has 0 saturated heterocycles. The molecule has 2 aromatic rings. The SMILES string of the molecule is O=C(NCCNC(=O)C1Cc2c(F)cccc2S1)c1ccc(OC2CCC(C(=O)O)CC2)c(F)c1F. The van der Waals surface area contributed by atoms with Crippen LogP contribution in [0.1, 0.15) is 41.6 Å². The molecule has 192 valence electrons.